The van der Waals surface area contributed by atoms with Crippen molar-refractivity contribution in [3.05, 3.63) is 57.9 Å². The minimum atomic E-state index is -0.233. The number of benzene rings is 1. The third kappa shape index (κ3) is 3.87. The molecule has 2 rings (SSSR count). The van der Waals surface area contributed by atoms with Gasteiger partial charge in [-0.3, -0.25) is 4.98 Å². The van der Waals surface area contributed by atoms with Gasteiger partial charge in [0.05, 0.1) is 24.7 Å². The van der Waals surface area contributed by atoms with E-state index in [-0.39, 0.29) is 12.4 Å². The Labute approximate surface area is 127 Å². The molecule has 0 aliphatic carbocycles. The number of halogens is 1. The molecule has 0 fully saturated rings. The van der Waals surface area contributed by atoms with E-state index in [0.29, 0.717) is 21.8 Å². The van der Waals surface area contributed by atoms with Gasteiger partial charge in [-0.25, -0.2) is 0 Å². The van der Waals surface area contributed by atoms with E-state index in [0.717, 1.165) is 5.56 Å². The number of aliphatic hydroxyl groups excluding tert-OH is 1. The van der Waals surface area contributed by atoms with Crippen LogP contribution in [0.15, 0.2) is 40.7 Å². The largest absolute Gasteiger partial charge is 0.505 e. The van der Waals surface area contributed by atoms with Crippen molar-refractivity contribution in [3.8, 4) is 5.75 Å². The molecule has 0 spiro atoms. The summed E-state index contributed by atoms with van der Waals surface area (Å²) in [7, 11) is 0. The first kappa shape index (κ1) is 15.2. The maximum atomic E-state index is 9.92. The van der Waals surface area contributed by atoms with Gasteiger partial charge in [0, 0.05) is 22.3 Å². The van der Waals surface area contributed by atoms with E-state index in [1.54, 1.807) is 25.3 Å². The molecule has 0 aliphatic rings. The van der Waals surface area contributed by atoms with Gasteiger partial charge in [-0.15, -0.1) is 0 Å². The molecular formula is C15H14ClN3O2. The monoisotopic (exact) mass is 303 g/mol. The second-order valence-corrected chi connectivity index (χ2v) is 4.77. The number of aromatic hydroxyl groups is 1. The summed E-state index contributed by atoms with van der Waals surface area (Å²) in [5, 5.41) is 27.6. The first-order valence-corrected chi connectivity index (χ1v) is 6.60. The summed E-state index contributed by atoms with van der Waals surface area (Å²) in [4.78, 5) is 3.97. The Hall–Kier alpha value is -2.24. The van der Waals surface area contributed by atoms with Crippen LogP contribution in [0.1, 0.15) is 22.4 Å². The molecule has 1 heterocycles. The lowest BCUT2D eigenvalue weighted by Crippen LogP contribution is -1.97. The quantitative estimate of drug-likeness (QED) is 0.673. The standard InChI is InChI=1S/C15H14ClN3O2/c1-10-15(21)14(12(9-20)7-17-10)8-19-18-6-11-2-4-13(16)5-3-11/h2-8,20-21H,9H2,1H3/b18-6+,19-8+. The van der Waals surface area contributed by atoms with Crippen molar-refractivity contribution in [2.45, 2.75) is 13.5 Å². The highest BCUT2D eigenvalue weighted by Crippen LogP contribution is 2.21. The van der Waals surface area contributed by atoms with Crippen LogP contribution in [0.5, 0.6) is 5.75 Å². The highest BCUT2D eigenvalue weighted by Gasteiger charge is 2.08. The third-order valence-corrected chi connectivity index (χ3v) is 3.11. The van der Waals surface area contributed by atoms with Crippen LogP contribution in [0.2, 0.25) is 5.02 Å². The van der Waals surface area contributed by atoms with Crippen molar-refractivity contribution in [1.29, 1.82) is 0 Å². The predicted octanol–water partition coefficient (Wildman–Crippen LogP) is 2.69. The average Bonchev–Trinajstić information content (AvgIpc) is 2.49. The highest BCUT2D eigenvalue weighted by atomic mass is 35.5. The first-order chi connectivity index (χ1) is 10.1. The zero-order chi connectivity index (χ0) is 15.2. The predicted molar refractivity (Wildman–Crippen MR) is 83.2 cm³/mol. The van der Waals surface area contributed by atoms with Gasteiger partial charge in [0.25, 0.3) is 0 Å². The summed E-state index contributed by atoms with van der Waals surface area (Å²) < 4.78 is 0. The van der Waals surface area contributed by atoms with Gasteiger partial charge in [0.15, 0.2) is 0 Å². The van der Waals surface area contributed by atoms with E-state index < -0.39 is 0 Å². The summed E-state index contributed by atoms with van der Waals surface area (Å²) in [6.07, 6.45) is 4.46. The van der Waals surface area contributed by atoms with Gasteiger partial charge in [-0.2, -0.15) is 10.2 Å². The number of hydrogen-bond donors (Lipinski definition) is 2. The second kappa shape index (κ2) is 6.97. The number of aromatic nitrogens is 1. The lowest BCUT2D eigenvalue weighted by Gasteiger charge is -2.06. The molecule has 1 aromatic carbocycles. The minimum absolute atomic E-state index is 0.00741. The molecule has 0 aliphatic heterocycles. The molecule has 0 bridgehead atoms. The molecule has 21 heavy (non-hydrogen) atoms. The average molecular weight is 304 g/mol. The maximum absolute atomic E-state index is 9.92. The highest BCUT2D eigenvalue weighted by molar-refractivity contribution is 6.30. The first-order valence-electron chi connectivity index (χ1n) is 6.22. The van der Waals surface area contributed by atoms with Gasteiger partial charge in [-0.1, -0.05) is 23.7 Å². The van der Waals surface area contributed by atoms with E-state index in [2.05, 4.69) is 15.2 Å². The number of nitrogens with zero attached hydrogens (tertiary/aromatic N) is 3. The summed E-state index contributed by atoms with van der Waals surface area (Å²) in [5.41, 5.74) is 2.23. The molecule has 0 saturated heterocycles. The molecule has 0 unspecified atom stereocenters. The fourth-order valence-corrected chi connectivity index (χ4v) is 1.79. The topological polar surface area (TPSA) is 78.1 Å². The summed E-state index contributed by atoms with van der Waals surface area (Å²) in [6, 6.07) is 7.15. The molecule has 0 saturated carbocycles. The SMILES string of the molecule is Cc1ncc(CO)c(/C=N/N=C/c2ccc(Cl)cc2)c1O. The molecule has 2 N–H and O–H groups in total. The van der Waals surface area contributed by atoms with Crippen LogP contribution in [-0.4, -0.2) is 27.6 Å². The lowest BCUT2D eigenvalue weighted by atomic mass is 10.1. The number of pyridine rings is 1. The van der Waals surface area contributed by atoms with Crippen LogP contribution in [0, 0.1) is 6.92 Å². The van der Waals surface area contributed by atoms with Crippen LogP contribution in [0.3, 0.4) is 0 Å². The smallest absolute Gasteiger partial charge is 0.145 e. The van der Waals surface area contributed by atoms with E-state index in [1.165, 1.54) is 12.4 Å². The van der Waals surface area contributed by atoms with Gasteiger partial charge < -0.3 is 10.2 Å². The Morgan fingerprint density at radius 1 is 1.19 bits per heavy atom. The van der Waals surface area contributed by atoms with Crippen molar-refractivity contribution < 1.29 is 10.2 Å². The van der Waals surface area contributed by atoms with Crippen LogP contribution in [-0.2, 0) is 6.61 Å². The molecular weight excluding hydrogens is 290 g/mol. The molecule has 0 radical (unpaired) electrons. The van der Waals surface area contributed by atoms with Crippen molar-refractivity contribution in [1.82, 2.24) is 4.98 Å². The fourth-order valence-electron chi connectivity index (χ4n) is 1.66. The molecule has 1 aromatic heterocycles. The van der Waals surface area contributed by atoms with Gasteiger partial charge in [0.1, 0.15) is 5.75 Å². The lowest BCUT2D eigenvalue weighted by molar-refractivity contribution is 0.280. The Balaban J connectivity index is 2.18. The Morgan fingerprint density at radius 3 is 2.52 bits per heavy atom. The Bertz CT molecular complexity index is 682. The van der Waals surface area contributed by atoms with Gasteiger partial charge in [-0.05, 0) is 24.6 Å². The molecule has 2 aromatic rings. The van der Waals surface area contributed by atoms with Crippen LogP contribution in [0.4, 0.5) is 0 Å². The minimum Gasteiger partial charge on any atom is -0.505 e. The molecule has 0 amide bonds. The Morgan fingerprint density at radius 2 is 1.86 bits per heavy atom. The summed E-state index contributed by atoms with van der Waals surface area (Å²) in [6.45, 7) is 1.44. The molecule has 5 nitrogen and oxygen atoms in total. The number of aryl methyl sites for hydroxylation is 1. The van der Waals surface area contributed by atoms with Gasteiger partial charge >= 0.3 is 0 Å². The number of rotatable bonds is 4. The summed E-state index contributed by atoms with van der Waals surface area (Å²) >= 11 is 5.79. The Kier molecular flexibility index (Phi) is 5.03. The van der Waals surface area contributed by atoms with E-state index in [1.807, 2.05) is 12.1 Å². The van der Waals surface area contributed by atoms with Crippen molar-refractivity contribution in [2.75, 3.05) is 0 Å². The zero-order valence-electron chi connectivity index (χ0n) is 11.4. The van der Waals surface area contributed by atoms with Crippen molar-refractivity contribution >= 4 is 24.0 Å². The molecule has 0 atom stereocenters. The number of hydrogen-bond acceptors (Lipinski definition) is 5. The third-order valence-electron chi connectivity index (χ3n) is 2.86. The van der Waals surface area contributed by atoms with Crippen LogP contribution >= 0.6 is 11.6 Å². The molecule has 6 heteroatoms. The fraction of sp³-hybridized carbons (Fsp3) is 0.133. The van der Waals surface area contributed by atoms with E-state index >= 15 is 0 Å². The van der Waals surface area contributed by atoms with Crippen LogP contribution < -0.4 is 0 Å². The van der Waals surface area contributed by atoms with E-state index in [4.69, 9.17) is 11.6 Å². The van der Waals surface area contributed by atoms with Crippen molar-refractivity contribution in [3.63, 3.8) is 0 Å². The van der Waals surface area contributed by atoms with Gasteiger partial charge in [0.2, 0.25) is 0 Å². The van der Waals surface area contributed by atoms with Crippen molar-refractivity contribution in [2.24, 2.45) is 10.2 Å². The second-order valence-electron chi connectivity index (χ2n) is 4.33. The normalized spacial score (nSPS) is 11.6. The van der Waals surface area contributed by atoms with Crippen LogP contribution in [0.25, 0.3) is 0 Å². The zero-order valence-corrected chi connectivity index (χ0v) is 12.1. The van der Waals surface area contributed by atoms with E-state index in [9.17, 15) is 10.2 Å². The number of aliphatic hydroxyl groups is 1. The summed E-state index contributed by atoms with van der Waals surface area (Å²) in [5.74, 6) is -0.00741. The maximum Gasteiger partial charge on any atom is 0.145 e. The molecule has 108 valence electrons.